The van der Waals surface area contributed by atoms with Crippen LogP contribution in [0, 0.1) is 5.92 Å². The predicted molar refractivity (Wildman–Crippen MR) is 82.1 cm³/mol. The van der Waals surface area contributed by atoms with Gasteiger partial charge in [-0.15, -0.1) is 0 Å². The molecule has 1 aromatic carbocycles. The van der Waals surface area contributed by atoms with Crippen LogP contribution >= 0.6 is 0 Å². The van der Waals surface area contributed by atoms with Gasteiger partial charge in [-0.1, -0.05) is 12.1 Å². The molecule has 0 spiro atoms. The van der Waals surface area contributed by atoms with Crippen molar-refractivity contribution in [3.8, 4) is 5.75 Å². The smallest absolute Gasteiger partial charge is 0.338 e. The van der Waals surface area contributed by atoms with E-state index in [4.69, 9.17) is 14.2 Å². The molecule has 0 radical (unpaired) electrons. The minimum absolute atomic E-state index is 0.344. The number of benzene rings is 1. The first-order valence-electron chi connectivity index (χ1n) is 7.59. The molecule has 0 saturated carbocycles. The van der Waals surface area contributed by atoms with Crippen molar-refractivity contribution in [3.05, 3.63) is 29.8 Å². The van der Waals surface area contributed by atoms with Crippen molar-refractivity contribution in [2.45, 2.75) is 45.0 Å². The van der Waals surface area contributed by atoms with Crippen molar-refractivity contribution in [3.63, 3.8) is 0 Å². The number of carbonyl (C=O) groups is 2. The summed E-state index contributed by atoms with van der Waals surface area (Å²) in [6, 6.07) is 7.62. The summed E-state index contributed by atoms with van der Waals surface area (Å²) in [5.41, 5.74) is 1.09. The highest BCUT2D eigenvalue weighted by atomic mass is 16.8. The molecule has 23 heavy (non-hydrogen) atoms. The molecule has 2 atom stereocenters. The van der Waals surface area contributed by atoms with Crippen LogP contribution in [0.25, 0.3) is 0 Å². The normalized spacial score (nSPS) is 20.8. The fourth-order valence-corrected chi connectivity index (χ4v) is 2.65. The molecule has 1 aromatic rings. The molecule has 6 nitrogen and oxygen atoms in total. The number of rotatable bonds is 7. The number of carboxylic acid groups (broad SMARTS) is 1. The summed E-state index contributed by atoms with van der Waals surface area (Å²) in [4.78, 5) is 23.3. The van der Waals surface area contributed by atoms with Gasteiger partial charge in [0.25, 0.3) is 0 Å². The van der Waals surface area contributed by atoms with Gasteiger partial charge in [-0.3, -0.25) is 4.79 Å². The third kappa shape index (κ3) is 4.45. The molecule has 1 N–H and O–H groups in total. The fourth-order valence-electron chi connectivity index (χ4n) is 2.65. The summed E-state index contributed by atoms with van der Waals surface area (Å²) in [6.07, 6.45) is 0.658. The van der Waals surface area contributed by atoms with E-state index in [-0.39, 0.29) is 0 Å². The maximum absolute atomic E-state index is 11.8. The molecule has 0 bridgehead atoms. The third-order valence-corrected chi connectivity index (χ3v) is 3.81. The zero-order chi connectivity index (χ0) is 17.0. The van der Waals surface area contributed by atoms with Crippen LogP contribution in [-0.4, -0.2) is 36.0 Å². The van der Waals surface area contributed by atoms with Gasteiger partial charge in [0.05, 0.1) is 13.0 Å². The van der Waals surface area contributed by atoms with Crippen LogP contribution in [-0.2, 0) is 25.5 Å². The van der Waals surface area contributed by atoms with Gasteiger partial charge < -0.3 is 19.3 Å². The second-order valence-electron chi connectivity index (χ2n) is 6.04. The van der Waals surface area contributed by atoms with Crippen LogP contribution < -0.4 is 4.74 Å². The van der Waals surface area contributed by atoms with Crippen molar-refractivity contribution in [2.24, 2.45) is 5.92 Å². The maximum atomic E-state index is 11.8. The molecule has 0 unspecified atom stereocenters. The molecule has 1 aliphatic heterocycles. The summed E-state index contributed by atoms with van der Waals surface area (Å²) in [5.74, 6) is -2.83. The zero-order valence-electron chi connectivity index (χ0n) is 13.6. The van der Waals surface area contributed by atoms with Gasteiger partial charge in [0, 0.05) is 13.8 Å². The van der Waals surface area contributed by atoms with Crippen molar-refractivity contribution < 1.29 is 28.9 Å². The lowest BCUT2D eigenvalue weighted by Crippen LogP contribution is -2.34. The summed E-state index contributed by atoms with van der Waals surface area (Å²) in [6.45, 7) is 3.20. The van der Waals surface area contributed by atoms with Gasteiger partial charge in [-0.2, -0.15) is 0 Å². The molecule has 2 rings (SSSR count). The quantitative estimate of drug-likeness (QED) is 0.776. The lowest BCUT2D eigenvalue weighted by Gasteiger charge is -2.19. The Balaban J connectivity index is 1.92. The summed E-state index contributed by atoms with van der Waals surface area (Å²) in [7, 11) is 1.61. The van der Waals surface area contributed by atoms with E-state index in [0.717, 1.165) is 17.7 Å². The third-order valence-electron chi connectivity index (χ3n) is 3.81. The van der Waals surface area contributed by atoms with Crippen LogP contribution in [0.1, 0.15) is 32.3 Å². The standard InChI is InChI=1S/C17H22O6/c1-17(2)22-14(16(20)23-17)13(15(18)19)6-4-5-11-7-9-12(21-3)10-8-11/h7-10,13-14H,4-6H2,1-3H3,(H,18,19)/t13-,14+/m1/s1. The molecule has 0 aromatic heterocycles. The number of hydrogen-bond donors (Lipinski definition) is 1. The summed E-state index contributed by atoms with van der Waals surface area (Å²) in [5, 5.41) is 9.38. The number of esters is 1. The van der Waals surface area contributed by atoms with E-state index in [1.807, 2.05) is 24.3 Å². The van der Waals surface area contributed by atoms with E-state index in [9.17, 15) is 14.7 Å². The van der Waals surface area contributed by atoms with Crippen LogP contribution in [0.5, 0.6) is 5.75 Å². The SMILES string of the molecule is COc1ccc(CCC[C@@H](C(=O)O)[C@@H]2OC(C)(C)OC2=O)cc1. The highest BCUT2D eigenvalue weighted by Gasteiger charge is 2.47. The molecule has 6 heteroatoms. The molecule has 1 heterocycles. The largest absolute Gasteiger partial charge is 0.497 e. The monoisotopic (exact) mass is 322 g/mol. The molecule has 0 aliphatic carbocycles. The molecule has 0 amide bonds. The minimum Gasteiger partial charge on any atom is -0.497 e. The zero-order valence-corrected chi connectivity index (χ0v) is 13.6. The topological polar surface area (TPSA) is 82.1 Å². The number of ether oxygens (including phenoxy) is 3. The predicted octanol–water partition coefficient (Wildman–Crippen LogP) is 2.40. The van der Waals surface area contributed by atoms with Crippen LogP contribution in [0.4, 0.5) is 0 Å². The molecule has 1 saturated heterocycles. The van der Waals surface area contributed by atoms with E-state index in [1.54, 1.807) is 21.0 Å². The van der Waals surface area contributed by atoms with Gasteiger partial charge in [0.1, 0.15) is 5.75 Å². The minimum atomic E-state index is -1.06. The Kier molecular flexibility index (Phi) is 5.26. The van der Waals surface area contributed by atoms with E-state index in [1.165, 1.54) is 0 Å². The highest BCUT2D eigenvalue weighted by molar-refractivity contribution is 5.84. The van der Waals surface area contributed by atoms with Gasteiger partial charge >= 0.3 is 11.9 Å². The number of aliphatic carboxylic acids is 1. The number of aryl methyl sites for hydroxylation is 1. The van der Waals surface area contributed by atoms with Crippen molar-refractivity contribution in [1.82, 2.24) is 0 Å². The number of hydrogen-bond acceptors (Lipinski definition) is 5. The first-order valence-corrected chi connectivity index (χ1v) is 7.59. The fraction of sp³-hybridized carbons (Fsp3) is 0.529. The van der Waals surface area contributed by atoms with Crippen molar-refractivity contribution in [2.75, 3.05) is 7.11 Å². The number of methoxy groups -OCH3 is 1. The number of carbonyl (C=O) groups excluding carboxylic acids is 1. The van der Waals surface area contributed by atoms with E-state index in [2.05, 4.69) is 0 Å². The summed E-state index contributed by atoms with van der Waals surface area (Å²) >= 11 is 0. The first kappa shape index (κ1) is 17.3. The molecule has 126 valence electrons. The average Bonchev–Trinajstić information content (AvgIpc) is 2.76. The van der Waals surface area contributed by atoms with Gasteiger partial charge in [0.15, 0.2) is 6.10 Å². The van der Waals surface area contributed by atoms with Gasteiger partial charge in [-0.05, 0) is 37.0 Å². The Morgan fingerprint density at radius 1 is 1.35 bits per heavy atom. The molecule has 1 aliphatic rings. The van der Waals surface area contributed by atoms with Crippen LogP contribution in [0.3, 0.4) is 0 Å². The average molecular weight is 322 g/mol. The highest BCUT2D eigenvalue weighted by Crippen LogP contribution is 2.30. The second-order valence-corrected chi connectivity index (χ2v) is 6.04. The molecule has 1 fully saturated rings. The van der Waals surface area contributed by atoms with Gasteiger partial charge in [-0.25, -0.2) is 4.79 Å². The summed E-state index contributed by atoms with van der Waals surface area (Å²) < 4.78 is 15.6. The second kappa shape index (κ2) is 7.00. The first-order chi connectivity index (χ1) is 10.8. The lowest BCUT2D eigenvalue weighted by atomic mass is 9.94. The van der Waals surface area contributed by atoms with Crippen LogP contribution in [0.2, 0.25) is 0 Å². The Bertz CT molecular complexity index is 563. The van der Waals surface area contributed by atoms with Crippen molar-refractivity contribution >= 4 is 11.9 Å². The Morgan fingerprint density at radius 3 is 2.48 bits per heavy atom. The Hall–Kier alpha value is -2.08. The molecular formula is C17H22O6. The maximum Gasteiger partial charge on any atom is 0.338 e. The Morgan fingerprint density at radius 2 is 2.00 bits per heavy atom. The van der Waals surface area contributed by atoms with Gasteiger partial charge in [0.2, 0.25) is 5.79 Å². The van der Waals surface area contributed by atoms with E-state index >= 15 is 0 Å². The lowest BCUT2D eigenvalue weighted by molar-refractivity contribution is -0.163. The number of cyclic esters (lactones) is 1. The van der Waals surface area contributed by atoms with Crippen LogP contribution in [0.15, 0.2) is 24.3 Å². The Labute approximate surface area is 135 Å². The molecular weight excluding hydrogens is 300 g/mol. The van der Waals surface area contributed by atoms with E-state index in [0.29, 0.717) is 12.8 Å². The number of carboxylic acids is 1. The van der Waals surface area contributed by atoms with E-state index < -0.39 is 29.7 Å². The van der Waals surface area contributed by atoms with Crippen molar-refractivity contribution in [1.29, 1.82) is 0 Å².